The average molecular weight is 527 g/mol. The number of aryl methyl sites for hydroxylation is 2. The predicted octanol–water partition coefficient (Wildman–Crippen LogP) is 6.49. The number of carbonyl (C=O) groups excluding carboxylic acids is 1. The molecule has 9 heteroatoms. The van der Waals surface area contributed by atoms with Crippen LogP contribution in [0.1, 0.15) is 59.1 Å². The van der Waals surface area contributed by atoms with E-state index in [-0.39, 0.29) is 11.0 Å². The number of methoxy groups -OCH3 is 1. The van der Waals surface area contributed by atoms with Gasteiger partial charge in [0.15, 0.2) is 5.13 Å². The van der Waals surface area contributed by atoms with Crippen molar-refractivity contribution in [2.75, 3.05) is 12.4 Å². The topological polar surface area (TPSA) is 88.5 Å². The molecule has 0 bridgehead atoms. The molecule has 1 aliphatic rings. The lowest BCUT2D eigenvalue weighted by Gasteiger charge is -2.22. The van der Waals surface area contributed by atoms with Crippen molar-refractivity contribution in [3.05, 3.63) is 74.9 Å². The number of anilines is 1. The molecule has 1 aromatic heterocycles. The van der Waals surface area contributed by atoms with Gasteiger partial charge in [0.25, 0.3) is 5.91 Å². The zero-order chi connectivity index (χ0) is 26.9. The summed E-state index contributed by atoms with van der Waals surface area (Å²) in [5, 5.41) is 12.0. The van der Waals surface area contributed by atoms with Crippen molar-refractivity contribution in [1.82, 2.24) is 4.98 Å². The minimum absolute atomic E-state index is 0.233. The molecule has 0 saturated carbocycles. The molecule has 0 spiro atoms. The van der Waals surface area contributed by atoms with Crippen LogP contribution in [0.4, 0.5) is 13.9 Å². The Kier molecular flexibility index (Phi) is 7.45. The van der Waals surface area contributed by atoms with Crippen molar-refractivity contribution in [2.45, 2.75) is 46.5 Å². The van der Waals surface area contributed by atoms with Crippen molar-refractivity contribution < 1.29 is 28.2 Å². The van der Waals surface area contributed by atoms with E-state index in [1.807, 2.05) is 12.1 Å². The molecule has 4 rings (SSSR count). The summed E-state index contributed by atoms with van der Waals surface area (Å²) in [6, 6.07) is 7.94. The number of nitrogens with one attached hydrogen (secondary N) is 1. The number of amides is 1. The second-order valence-electron chi connectivity index (χ2n) is 10.1. The quantitative estimate of drug-likeness (QED) is 0.271. The summed E-state index contributed by atoms with van der Waals surface area (Å²) >= 11 is 1.35. The lowest BCUT2D eigenvalue weighted by Crippen LogP contribution is -2.13. The van der Waals surface area contributed by atoms with E-state index in [2.05, 4.69) is 41.9 Å². The fraction of sp³-hybridized carbons (Fsp3) is 0.321. The van der Waals surface area contributed by atoms with Gasteiger partial charge >= 0.3 is 5.97 Å². The van der Waals surface area contributed by atoms with E-state index in [1.165, 1.54) is 22.5 Å². The Bertz CT molecular complexity index is 1380. The normalized spacial score (nSPS) is 13.1. The first-order chi connectivity index (χ1) is 17.5. The molecule has 6 nitrogen and oxygen atoms in total. The highest BCUT2D eigenvalue weighted by atomic mass is 32.1. The summed E-state index contributed by atoms with van der Waals surface area (Å²) in [4.78, 5) is 29.6. The fourth-order valence-electron chi connectivity index (χ4n) is 4.28. The van der Waals surface area contributed by atoms with Crippen LogP contribution < -0.4 is 5.32 Å². The van der Waals surface area contributed by atoms with Gasteiger partial charge in [0.1, 0.15) is 11.6 Å². The van der Waals surface area contributed by atoms with E-state index in [0.717, 1.165) is 67.1 Å². The number of nitrogens with zero attached hydrogens (tertiary/aromatic N) is 1. The molecule has 1 heterocycles. The highest BCUT2D eigenvalue weighted by Gasteiger charge is 2.25. The number of carboxylic acids is 1. The summed E-state index contributed by atoms with van der Waals surface area (Å²) in [5.74, 6) is -5.00. The maximum atomic E-state index is 14.6. The lowest BCUT2D eigenvalue weighted by atomic mass is 9.84. The zero-order valence-corrected chi connectivity index (χ0v) is 21.9. The number of fused-ring (bicyclic) bond motifs is 3. The number of carbonyl (C=O) groups is 2. The van der Waals surface area contributed by atoms with E-state index in [4.69, 9.17) is 5.11 Å². The van der Waals surface area contributed by atoms with Gasteiger partial charge in [-0.25, -0.2) is 18.6 Å². The first-order valence-corrected chi connectivity index (χ1v) is 12.7. The van der Waals surface area contributed by atoms with Crippen LogP contribution in [0.25, 0.3) is 17.3 Å². The van der Waals surface area contributed by atoms with Gasteiger partial charge in [-0.3, -0.25) is 10.1 Å². The average Bonchev–Trinajstić information content (AvgIpc) is 3.24. The first kappa shape index (κ1) is 26.5. The second-order valence-corrected chi connectivity index (χ2v) is 11.2. The SMILES string of the molecule is CO/C(=C/c1c(F)cc(C(=O)Nc2nc3c(s2)CCc2c(CCC(C)(C)C)cccc2-3)cc1F)C(=O)O. The van der Waals surface area contributed by atoms with Crippen molar-refractivity contribution >= 4 is 34.4 Å². The Labute approximate surface area is 218 Å². The van der Waals surface area contributed by atoms with Gasteiger partial charge < -0.3 is 9.84 Å². The molecule has 0 fully saturated rings. The van der Waals surface area contributed by atoms with Crippen molar-refractivity contribution in [1.29, 1.82) is 0 Å². The van der Waals surface area contributed by atoms with E-state index >= 15 is 0 Å². The standard InChI is InChI=1S/C28H28F2N2O4S/c1-28(2,3)11-10-15-6-5-7-18-17(15)8-9-23-24(18)31-27(37-23)32-25(33)16-12-20(29)19(21(30)13-16)14-22(36-4)26(34)35/h5-7,12-14H,8-11H2,1-4H3,(H,34,35)(H,31,32,33)/b22-14+. The van der Waals surface area contributed by atoms with E-state index in [9.17, 15) is 18.4 Å². The molecule has 2 N–H and O–H groups in total. The predicted molar refractivity (Wildman–Crippen MR) is 140 cm³/mol. The van der Waals surface area contributed by atoms with Gasteiger partial charge in [0.05, 0.1) is 12.8 Å². The molecule has 0 aliphatic heterocycles. The molecule has 1 amide bonds. The minimum atomic E-state index is -1.47. The van der Waals surface area contributed by atoms with Crippen LogP contribution in [0, 0.1) is 17.0 Å². The number of halogens is 2. The van der Waals surface area contributed by atoms with Gasteiger partial charge in [-0.05, 0) is 54.4 Å². The molecular weight excluding hydrogens is 498 g/mol. The van der Waals surface area contributed by atoms with Gasteiger partial charge in [-0.15, -0.1) is 11.3 Å². The smallest absolute Gasteiger partial charge is 0.371 e. The highest BCUT2D eigenvalue weighted by Crippen LogP contribution is 2.40. The molecule has 3 aromatic rings. The zero-order valence-electron chi connectivity index (χ0n) is 21.1. The summed E-state index contributed by atoms with van der Waals surface area (Å²) < 4.78 is 33.8. The Morgan fingerprint density at radius 3 is 2.51 bits per heavy atom. The van der Waals surface area contributed by atoms with Gasteiger partial charge in [-0.2, -0.15) is 0 Å². The minimum Gasteiger partial charge on any atom is -0.490 e. The molecule has 2 aromatic carbocycles. The van der Waals surface area contributed by atoms with Crippen LogP contribution in [0.15, 0.2) is 36.1 Å². The van der Waals surface area contributed by atoms with Crippen LogP contribution in [0.5, 0.6) is 0 Å². The van der Waals surface area contributed by atoms with Crippen molar-refractivity contribution in [3.8, 4) is 11.3 Å². The Morgan fingerprint density at radius 2 is 1.89 bits per heavy atom. The Morgan fingerprint density at radius 1 is 1.19 bits per heavy atom. The number of hydrogen-bond acceptors (Lipinski definition) is 5. The summed E-state index contributed by atoms with van der Waals surface area (Å²) in [6.07, 6.45) is 4.48. The van der Waals surface area contributed by atoms with Gasteiger partial charge in [-0.1, -0.05) is 39.0 Å². The van der Waals surface area contributed by atoms with E-state index in [0.29, 0.717) is 5.13 Å². The number of aromatic nitrogens is 1. The largest absolute Gasteiger partial charge is 0.490 e. The monoisotopic (exact) mass is 526 g/mol. The third-order valence-electron chi connectivity index (χ3n) is 6.24. The van der Waals surface area contributed by atoms with Crippen LogP contribution >= 0.6 is 11.3 Å². The number of hydrogen-bond donors (Lipinski definition) is 2. The maximum absolute atomic E-state index is 14.6. The summed E-state index contributed by atoms with van der Waals surface area (Å²) in [7, 11) is 1.08. The Hall–Kier alpha value is -3.59. The highest BCUT2D eigenvalue weighted by molar-refractivity contribution is 7.16. The van der Waals surface area contributed by atoms with E-state index in [1.54, 1.807) is 0 Å². The number of carboxylic acid groups (broad SMARTS) is 1. The molecule has 1 aliphatic carbocycles. The maximum Gasteiger partial charge on any atom is 0.371 e. The third-order valence-corrected chi connectivity index (χ3v) is 7.27. The van der Waals surface area contributed by atoms with Crippen molar-refractivity contribution in [3.63, 3.8) is 0 Å². The second kappa shape index (κ2) is 10.4. The van der Waals surface area contributed by atoms with Crippen LogP contribution in [-0.4, -0.2) is 29.1 Å². The van der Waals surface area contributed by atoms with Crippen LogP contribution in [0.2, 0.25) is 0 Å². The fourth-order valence-corrected chi connectivity index (χ4v) is 5.25. The number of thiazole rings is 1. The molecule has 0 unspecified atom stereocenters. The number of benzene rings is 2. The first-order valence-electron chi connectivity index (χ1n) is 11.9. The summed E-state index contributed by atoms with van der Waals surface area (Å²) in [5.41, 5.74) is 3.86. The van der Waals surface area contributed by atoms with Crippen molar-refractivity contribution in [2.24, 2.45) is 5.41 Å². The van der Waals surface area contributed by atoms with Crippen LogP contribution in [-0.2, 0) is 28.8 Å². The lowest BCUT2D eigenvalue weighted by molar-refractivity contribution is -0.135. The molecule has 0 atom stereocenters. The molecular formula is C28H28F2N2O4S. The molecule has 194 valence electrons. The molecule has 37 heavy (non-hydrogen) atoms. The summed E-state index contributed by atoms with van der Waals surface area (Å²) in [6.45, 7) is 6.68. The van der Waals surface area contributed by atoms with E-state index < -0.39 is 34.8 Å². The number of aliphatic carboxylic acids is 1. The van der Waals surface area contributed by atoms with Gasteiger partial charge in [0.2, 0.25) is 5.76 Å². The third kappa shape index (κ3) is 5.88. The number of ether oxygens (including phenoxy) is 1. The number of rotatable bonds is 7. The van der Waals surface area contributed by atoms with Gasteiger partial charge in [0, 0.05) is 27.6 Å². The molecule has 0 saturated heterocycles. The Balaban J connectivity index is 1.57. The molecule has 0 radical (unpaired) electrons. The van der Waals surface area contributed by atoms with Crippen LogP contribution in [0.3, 0.4) is 0 Å².